The molecule has 0 bridgehead atoms. The smallest absolute Gasteiger partial charge is 0.259 e. The Hall–Kier alpha value is -4.74. The number of anilines is 1. The molecule has 2 aromatic heterocycles. The van der Waals surface area contributed by atoms with Gasteiger partial charge in [-0.05, 0) is 50.0 Å². The van der Waals surface area contributed by atoms with E-state index in [0.717, 1.165) is 16.6 Å². The summed E-state index contributed by atoms with van der Waals surface area (Å²) in [6.07, 6.45) is 2.13. The average molecular weight is 543 g/mol. The Bertz CT molecular complexity index is 1710. The SMILES string of the molecule is CC(=O)Nc1ccc2[nH]cc(C3=C(c4c[nH]c5ccc(CC(O)C(NC(C)=O)N(C)C)cc45)C(=O)NC3=O)c2c1. The van der Waals surface area contributed by atoms with Crippen LogP contribution in [0.4, 0.5) is 5.69 Å². The molecule has 4 amide bonds. The van der Waals surface area contributed by atoms with E-state index >= 15 is 0 Å². The lowest BCUT2D eigenvalue weighted by Gasteiger charge is -2.29. The summed E-state index contributed by atoms with van der Waals surface area (Å²) in [5.41, 5.74) is 4.38. The van der Waals surface area contributed by atoms with Crippen molar-refractivity contribution in [2.24, 2.45) is 0 Å². The molecule has 1 aliphatic heterocycles. The zero-order valence-corrected chi connectivity index (χ0v) is 22.5. The summed E-state index contributed by atoms with van der Waals surface area (Å²) in [5.74, 6) is -1.51. The molecule has 3 heterocycles. The second kappa shape index (κ2) is 10.4. The van der Waals surface area contributed by atoms with Crippen molar-refractivity contribution < 1.29 is 24.3 Å². The van der Waals surface area contributed by atoms with E-state index in [1.807, 2.05) is 18.2 Å². The van der Waals surface area contributed by atoms with Crippen molar-refractivity contribution in [3.63, 3.8) is 0 Å². The fourth-order valence-corrected chi connectivity index (χ4v) is 5.21. The zero-order chi connectivity index (χ0) is 28.7. The predicted octanol–water partition coefficient (Wildman–Crippen LogP) is 2.10. The van der Waals surface area contributed by atoms with Crippen molar-refractivity contribution in [1.82, 2.24) is 25.5 Å². The molecule has 0 spiro atoms. The fourth-order valence-electron chi connectivity index (χ4n) is 5.21. The van der Waals surface area contributed by atoms with Gasteiger partial charge in [0.1, 0.15) is 6.17 Å². The van der Waals surface area contributed by atoms with Gasteiger partial charge in [-0.1, -0.05) is 6.07 Å². The second-order valence-corrected chi connectivity index (χ2v) is 10.1. The Kier molecular flexibility index (Phi) is 7.01. The van der Waals surface area contributed by atoms with Crippen molar-refractivity contribution in [3.8, 4) is 0 Å². The summed E-state index contributed by atoms with van der Waals surface area (Å²) in [6.45, 7) is 2.81. The van der Waals surface area contributed by atoms with Crippen LogP contribution < -0.4 is 16.0 Å². The van der Waals surface area contributed by atoms with Gasteiger partial charge in [0.2, 0.25) is 11.8 Å². The van der Waals surface area contributed by atoms with Crippen molar-refractivity contribution >= 4 is 62.3 Å². The summed E-state index contributed by atoms with van der Waals surface area (Å²) in [5, 5.41) is 20.2. The standard InChI is InChI=1S/C29H30N6O5/c1-14(36)32-17-6-8-23-19(11-17)21(13-31-23)26-25(28(39)34-29(26)40)20-12-30-22-7-5-16(9-18(20)22)10-24(38)27(35(3)4)33-15(2)37/h5-9,11-13,24,27,30-31,38H,10H2,1-4H3,(H,32,36)(H,33,37)(H,34,39,40). The van der Waals surface area contributed by atoms with Crippen molar-refractivity contribution in [2.45, 2.75) is 32.5 Å². The van der Waals surface area contributed by atoms with Gasteiger partial charge >= 0.3 is 0 Å². The molecule has 2 aromatic carbocycles. The highest BCUT2D eigenvalue weighted by atomic mass is 16.3. The predicted molar refractivity (Wildman–Crippen MR) is 152 cm³/mol. The summed E-state index contributed by atoms with van der Waals surface area (Å²) in [7, 11) is 3.54. The molecule has 40 heavy (non-hydrogen) atoms. The maximum absolute atomic E-state index is 13.2. The first kappa shape index (κ1) is 26.9. The van der Waals surface area contributed by atoms with Gasteiger partial charge in [-0.3, -0.25) is 29.4 Å². The summed E-state index contributed by atoms with van der Waals surface area (Å²) in [4.78, 5) is 57.5. The molecule has 2 unspecified atom stereocenters. The van der Waals surface area contributed by atoms with Gasteiger partial charge in [-0.2, -0.15) is 0 Å². The highest BCUT2D eigenvalue weighted by Crippen LogP contribution is 2.38. The fraction of sp³-hybridized carbons (Fsp3) is 0.241. The number of amides is 4. The maximum Gasteiger partial charge on any atom is 0.259 e. The summed E-state index contributed by atoms with van der Waals surface area (Å²) < 4.78 is 0. The molecule has 11 heteroatoms. The van der Waals surface area contributed by atoms with Crippen molar-refractivity contribution in [1.29, 1.82) is 0 Å². The molecule has 0 aliphatic carbocycles. The number of nitrogens with one attached hydrogen (secondary N) is 5. The van der Waals surface area contributed by atoms with Crippen LogP contribution in [0, 0.1) is 0 Å². The van der Waals surface area contributed by atoms with Crippen LogP contribution in [-0.2, 0) is 25.6 Å². The average Bonchev–Trinajstić information content (AvgIpc) is 3.55. The first-order valence-electron chi connectivity index (χ1n) is 12.7. The largest absolute Gasteiger partial charge is 0.389 e. The third-order valence-corrected chi connectivity index (χ3v) is 6.93. The molecule has 4 aromatic rings. The first-order valence-corrected chi connectivity index (χ1v) is 12.7. The highest BCUT2D eigenvalue weighted by molar-refractivity contribution is 6.50. The van der Waals surface area contributed by atoms with Crippen LogP contribution in [0.15, 0.2) is 48.8 Å². The Morgan fingerprint density at radius 3 is 2.00 bits per heavy atom. The number of aliphatic hydroxyl groups is 1. The van der Waals surface area contributed by atoms with Crippen molar-refractivity contribution in [3.05, 3.63) is 65.5 Å². The zero-order valence-electron chi connectivity index (χ0n) is 22.5. The van der Waals surface area contributed by atoms with Gasteiger partial charge in [0.25, 0.3) is 11.8 Å². The van der Waals surface area contributed by atoms with Crippen LogP contribution in [0.1, 0.15) is 30.5 Å². The summed E-state index contributed by atoms with van der Waals surface area (Å²) in [6, 6.07) is 10.9. The van der Waals surface area contributed by atoms with Gasteiger partial charge in [0.15, 0.2) is 0 Å². The van der Waals surface area contributed by atoms with E-state index in [1.165, 1.54) is 13.8 Å². The number of rotatable bonds is 8. The molecule has 0 fully saturated rings. The van der Waals surface area contributed by atoms with E-state index in [2.05, 4.69) is 25.9 Å². The number of aliphatic hydroxyl groups excluding tert-OH is 1. The number of aromatic nitrogens is 2. The van der Waals surface area contributed by atoms with Gasteiger partial charge in [0.05, 0.1) is 17.3 Å². The third-order valence-electron chi connectivity index (χ3n) is 6.93. The minimum atomic E-state index is -0.895. The molecule has 2 atom stereocenters. The Labute approximate surface area is 229 Å². The highest BCUT2D eigenvalue weighted by Gasteiger charge is 2.35. The maximum atomic E-state index is 13.2. The Balaban J connectivity index is 1.59. The van der Waals surface area contributed by atoms with Crippen molar-refractivity contribution in [2.75, 3.05) is 19.4 Å². The van der Waals surface area contributed by atoms with Gasteiger partial charge in [-0.25, -0.2) is 0 Å². The number of hydrogen-bond acceptors (Lipinski definition) is 6. The number of fused-ring (bicyclic) bond motifs is 2. The number of carbonyl (C=O) groups excluding carboxylic acids is 4. The van der Waals surface area contributed by atoms with E-state index < -0.39 is 24.1 Å². The van der Waals surface area contributed by atoms with Gasteiger partial charge in [-0.15, -0.1) is 0 Å². The normalized spacial score (nSPS) is 15.2. The first-order chi connectivity index (χ1) is 19.0. The molecule has 11 nitrogen and oxygen atoms in total. The third kappa shape index (κ3) is 4.99. The lowest BCUT2D eigenvalue weighted by molar-refractivity contribution is -0.123. The van der Waals surface area contributed by atoms with E-state index in [4.69, 9.17) is 0 Å². The molecular weight excluding hydrogens is 512 g/mol. The number of nitrogens with zero attached hydrogens (tertiary/aromatic N) is 1. The monoisotopic (exact) mass is 542 g/mol. The molecule has 206 valence electrons. The van der Waals surface area contributed by atoms with Crippen LogP contribution in [0.25, 0.3) is 33.0 Å². The van der Waals surface area contributed by atoms with E-state index in [-0.39, 0.29) is 29.4 Å². The minimum absolute atomic E-state index is 0.223. The summed E-state index contributed by atoms with van der Waals surface area (Å²) >= 11 is 0. The molecule has 5 rings (SSSR count). The number of imide groups is 1. The Morgan fingerprint density at radius 1 is 0.875 bits per heavy atom. The number of likely N-dealkylation sites (N-methyl/N-ethyl adjacent to an activating group) is 1. The molecule has 0 saturated carbocycles. The van der Waals surface area contributed by atoms with Crippen LogP contribution >= 0.6 is 0 Å². The number of benzene rings is 2. The van der Waals surface area contributed by atoms with Gasteiger partial charge in [0, 0.05) is 71.3 Å². The van der Waals surface area contributed by atoms with E-state index in [1.54, 1.807) is 49.6 Å². The number of carbonyl (C=O) groups is 4. The lowest BCUT2D eigenvalue weighted by Crippen LogP contribution is -2.52. The minimum Gasteiger partial charge on any atom is -0.389 e. The van der Waals surface area contributed by atoms with Crippen LogP contribution in [0.3, 0.4) is 0 Å². The molecule has 0 saturated heterocycles. The van der Waals surface area contributed by atoms with Crippen LogP contribution in [0.5, 0.6) is 0 Å². The number of aromatic amines is 2. The number of H-pyrrole nitrogens is 2. The topological polar surface area (TPSA) is 159 Å². The lowest BCUT2D eigenvalue weighted by atomic mass is 9.94. The Morgan fingerprint density at radius 2 is 1.45 bits per heavy atom. The molecular formula is C29H30N6O5. The second-order valence-electron chi connectivity index (χ2n) is 10.1. The molecule has 0 radical (unpaired) electrons. The number of hydrogen-bond donors (Lipinski definition) is 6. The quantitative estimate of drug-likeness (QED) is 0.148. The van der Waals surface area contributed by atoms with Gasteiger partial charge < -0.3 is 25.7 Å². The van der Waals surface area contributed by atoms with Crippen LogP contribution in [0.2, 0.25) is 0 Å². The molecule has 6 N–H and O–H groups in total. The molecule has 1 aliphatic rings. The van der Waals surface area contributed by atoms with E-state index in [9.17, 15) is 24.3 Å². The van der Waals surface area contributed by atoms with Crippen LogP contribution in [-0.4, -0.2) is 70.0 Å². The van der Waals surface area contributed by atoms with E-state index in [0.29, 0.717) is 27.6 Å².